The molecular weight excluding hydrogens is 238 g/mol. The van der Waals surface area contributed by atoms with E-state index in [9.17, 15) is 9.18 Å². The Hall–Kier alpha value is -0.600. The smallest absolute Gasteiger partial charge is 0.137 e. The zero-order valence-corrected chi connectivity index (χ0v) is 9.61. The molecule has 82 valence electrons. The first-order valence-electron chi connectivity index (χ1n) is 4.65. The van der Waals surface area contributed by atoms with Gasteiger partial charge in [-0.3, -0.25) is 4.79 Å². The fourth-order valence-electron chi connectivity index (χ4n) is 1.23. The lowest BCUT2D eigenvalue weighted by atomic mass is 10.1. The average molecular weight is 249 g/mol. The summed E-state index contributed by atoms with van der Waals surface area (Å²) in [5.74, 6) is 0.0214. The van der Waals surface area contributed by atoms with E-state index < -0.39 is 5.82 Å². The molecule has 0 amide bonds. The highest BCUT2D eigenvalue weighted by Gasteiger charge is 2.08. The Balaban J connectivity index is 2.60. The first-order valence-corrected chi connectivity index (χ1v) is 5.56. The summed E-state index contributed by atoms with van der Waals surface area (Å²) < 4.78 is 13.3. The Kier molecular flexibility index (Phi) is 5.06. The summed E-state index contributed by atoms with van der Waals surface area (Å²) in [6.45, 7) is 0. The summed E-state index contributed by atoms with van der Waals surface area (Å²) in [4.78, 5) is 11.4. The van der Waals surface area contributed by atoms with E-state index >= 15 is 0 Å². The normalized spacial score (nSPS) is 10.3. The van der Waals surface area contributed by atoms with Gasteiger partial charge in [-0.2, -0.15) is 0 Å². The third-order valence-electron chi connectivity index (χ3n) is 1.99. The van der Waals surface area contributed by atoms with Gasteiger partial charge in [0.2, 0.25) is 0 Å². The van der Waals surface area contributed by atoms with E-state index in [-0.39, 0.29) is 12.2 Å². The van der Waals surface area contributed by atoms with Crippen LogP contribution < -0.4 is 0 Å². The maximum atomic E-state index is 13.3. The minimum atomic E-state index is -0.429. The van der Waals surface area contributed by atoms with Crippen LogP contribution in [0.4, 0.5) is 4.39 Å². The van der Waals surface area contributed by atoms with Gasteiger partial charge in [0, 0.05) is 23.7 Å². The molecule has 15 heavy (non-hydrogen) atoms. The molecule has 0 radical (unpaired) electrons. The third kappa shape index (κ3) is 4.18. The second kappa shape index (κ2) is 6.09. The van der Waals surface area contributed by atoms with Gasteiger partial charge in [-0.05, 0) is 24.1 Å². The molecule has 0 aliphatic carbocycles. The molecule has 0 spiro atoms. The predicted octanol–water partition coefficient (Wildman–Crippen LogP) is 3.61. The number of hydrogen-bond acceptors (Lipinski definition) is 1. The molecule has 0 fully saturated rings. The van der Waals surface area contributed by atoms with Crippen LogP contribution in [0.1, 0.15) is 18.4 Å². The van der Waals surface area contributed by atoms with Crippen LogP contribution in [-0.2, 0) is 11.2 Å². The molecule has 1 aromatic rings. The summed E-state index contributed by atoms with van der Waals surface area (Å²) in [6, 6.07) is 4.33. The van der Waals surface area contributed by atoms with Gasteiger partial charge in [0.15, 0.2) is 0 Å². The molecule has 1 aromatic carbocycles. The molecule has 4 heteroatoms. The molecule has 1 nitrogen and oxygen atoms in total. The Morgan fingerprint density at radius 3 is 2.73 bits per heavy atom. The number of rotatable bonds is 5. The van der Waals surface area contributed by atoms with Crippen molar-refractivity contribution in [2.24, 2.45) is 0 Å². The number of carbonyl (C=O) groups excluding carboxylic acids is 1. The van der Waals surface area contributed by atoms with Gasteiger partial charge >= 0.3 is 0 Å². The highest BCUT2D eigenvalue weighted by molar-refractivity contribution is 6.30. The lowest BCUT2D eigenvalue weighted by Gasteiger charge is -2.02. The monoisotopic (exact) mass is 248 g/mol. The summed E-state index contributed by atoms with van der Waals surface area (Å²) >= 11 is 11.1. The van der Waals surface area contributed by atoms with E-state index in [4.69, 9.17) is 23.2 Å². The van der Waals surface area contributed by atoms with Crippen molar-refractivity contribution < 1.29 is 9.18 Å². The number of benzene rings is 1. The van der Waals surface area contributed by atoms with Crippen LogP contribution in [0.3, 0.4) is 0 Å². The average Bonchev–Trinajstić information content (AvgIpc) is 2.19. The molecule has 1 rings (SSSR count). The molecule has 0 saturated carbocycles. The quantitative estimate of drug-likeness (QED) is 0.728. The number of carbonyl (C=O) groups is 1. The van der Waals surface area contributed by atoms with Crippen LogP contribution in [-0.4, -0.2) is 11.7 Å². The molecule has 0 heterocycles. The van der Waals surface area contributed by atoms with Crippen molar-refractivity contribution in [2.75, 3.05) is 5.88 Å². The minimum absolute atomic E-state index is 0.00290. The van der Waals surface area contributed by atoms with Crippen molar-refractivity contribution >= 4 is 29.0 Å². The van der Waals surface area contributed by atoms with Crippen LogP contribution in [0.15, 0.2) is 18.2 Å². The predicted molar refractivity (Wildman–Crippen MR) is 60.1 cm³/mol. The molecule has 0 aliphatic heterocycles. The highest BCUT2D eigenvalue weighted by atomic mass is 35.5. The molecule has 0 bridgehead atoms. The van der Waals surface area contributed by atoms with Crippen molar-refractivity contribution in [3.05, 3.63) is 34.6 Å². The Morgan fingerprint density at radius 1 is 1.40 bits per heavy atom. The van der Waals surface area contributed by atoms with Gasteiger partial charge in [0.25, 0.3) is 0 Å². The summed E-state index contributed by atoms with van der Waals surface area (Å²) in [7, 11) is 0. The van der Waals surface area contributed by atoms with Crippen molar-refractivity contribution in [1.29, 1.82) is 0 Å². The van der Waals surface area contributed by atoms with E-state index in [1.54, 1.807) is 6.07 Å². The molecule has 0 saturated heterocycles. The Bertz CT molecular complexity index is 352. The van der Waals surface area contributed by atoms with Crippen LogP contribution in [0.25, 0.3) is 0 Å². The zero-order chi connectivity index (χ0) is 11.3. The van der Waals surface area contributed by atoms with Crippen molar-refractivity contribution in [3.63, 3.8) is 0 Å². The maximum absolute atomic E-state index is 13.3. The molecule has 0 aromatic heterocycles. The van der Waals surface area contributed by atoms with E-state index in [0.717, 1.165) is 0 Å². The van der Waals surface area contributed by atoms with Crippen molar-refractivity contribution in [1.82, 2.24) is 0 Å². The topological polar surface area (TPSA) is 17.1 Å². The molecule has 0 N–H and O–H groups in total. The van der Waals surface area contributed by atoms with E-state index in [0.29, 0.717) is 29.3 Å². The minimum Gasteiger partial charge on any atom is -0.299 e. The van der Waals surface area contributed by atoms with Gasteiger partial charge in [0.1, 0.15) is 11.6 Å². The zero-order valence-electron chi connectivity index (χ0n) is 8.10. The van der Waals surface area contributed by atoms with E-state index in [1.165, 1.54) is 12.1 Å². The lowest BCUT2D eigenvalue weighted by molar-refractivity contribution is -0.118. The molecular formula is C11H11Cl2FO. The fraction of sp³-hybridized carbons (Fsp3) is 0.364. The molecule has 0 aliphatic rings. The van der Waals surface area contributed by atoms with Gasteiger partial charge in [-0.25, -0.2) is 4.39 Å². The van der Waals surface area contributed by atoms with Crippen LogP contribution in [0, 0.1) is 5.82 Å². The SMILES string of the molecule is O=C(CCCCl)Cc1ccc(Cl)cc1F. The van der Waals surface area contributed by atoms with Gasteiger partial charge in [-0.15, -0.1) is 11.6 Å². The first-order chi connectivity index (χ1) is 7.13. The van der Waals surface area contributed by atoms with Crippen LogP contribution >= 0.6 is 23.2 Å². The first kappa shape index (κ1) is 12.5. The van der Waals surface area contributed by atoms with Gasteiger partial charge < -0.3 is 0 Å². The summed E-state index contributed by atoms with van der Waals surface area (Å²) in [6.07, 6.45) is 1.14. The second-order valence-electron chi connectivity index (χ2n) is 3.24. The van der Waals surface area contributed by atoms with Crippen LogP contribution in [0.5, 0.6) is 0 Å². The second-order valence-corrected chi connectivity index (χ2v) is 4.06. The fourth-order valence-corrected chi connectivity index (χ4v) is 1.52. The number of hydrogen-bond donors (Lipinski definition) is 0. The largest absolute Gasteiger partial charge is 0.299 e. The number of alkyl halides is 1. The van der Waals surface area contributed by atoms with E-state index in [2.05, 4.69) is 0 Å². The van der Waals surface area contributed by atoms with Crippen LogP contribution in [0.2, 0.25) is 5.02 Å². The lowest BCUT2D eigenvalue weighted by Crippen LogP contribution is -2.04. The van der Waals surface area contributed by atoms with Crippen molar-refractivity contribution in [2.45, 2.75) is 19.3 Å². The number of ketones is 1. The summed E-state index contributed by atoms with van der Waals surface area (Å²) in [5, 5.41) is 0.337. The standard InChI is InChI=1S/C11H11Cl2FO/c12-5-1-2-10(15)6-8-3-4-9(13)7-11(8)14/h3-4,7H,1-2,5-6H2. The Labute approximate surface area is 98.2 Å². The van der Waals surface area contributed by atoms with E-state index in [1.807, 2.05) is 0 Å². The molecule has 0 atom stereocenters. The maximum Gasteiger partial charge on any atom is 0.137 e. The summed E-state index contributed by atoms with van der Waals surface area (Å²) in [5.41, 5.74) is 0.388. The molecule has 0 unspecified atom stereocenters. The highest BCUT2D eigenvalue weighted by Crippen LogP contribution is 2.15. The van der Waals surface area contributed by atoms with Gasteiger partial charge in [-0.1, -0.05) is 17.7 Å². The number of Topliss-reactive ketones (excluding diaryl/α,β-unsaturated/α-hetero) is 1. The third-order valence-corrected chi connectivity index (χ3v) is 2.49. The number of halogens is 3. The van der Waals surface area contributed by atoms with Crippen molar-refractivity contribution in [3.8, 4) is 0 Å². The van der Waals surface area contributed by atoms with Gasteiger partial charge in [0.05, 0.1) is 0 Å². The Morgan fingerprint density at radius 2 is 2.13 bits per heavy atom.